The zero-order valence-corrected chi connectivity index (χ0v) is 16.9. The monoisotopic (exact) mass is 409 g/mol. The molecule has 30 heavy (non-hydrogen) atoms. The second-order valence-electron chi connectivity index (χ2n) is 8.52. The summed E-state index contributed by atoms with van der Waals surface area (Å²) in [6.07, 6.45) is 4.57. The SMILES string of the molecule is O=C(NC1CCN(Cc2ccc(C3COc4cccnc4O3)cc2)CC1)C1(O)CC1. The van der Waals surface area contributed by atoms with Gasteiger partial charge in [-0.15, -0.1) is 0 Å². The third-order valence-corrected chi connectivity index (χ3v) is 6.21. The lowest BCUT2D eigenvalue weighted by Gasteiger charge is -2.33. The molecule has 7 nitrogen and oxygen atoms in total. The number of hydrogen-bond acceptors (Lipinski definition) is 6. The number of aliphatic hydroxyl groups is 1. The van der Waals surface area contributed by atoms with Gasteiger partial charge in [-0.2, -0.15) is 0 Å². The van der Waals surface area contributed by atoms with Gasteiger partial charge in [0.2, 0.25) is 0 Å². The van der Waals surface area contributed by atoms with Crippen LogP contribution in [0.15, 0.2) is 42.6 Å². The maximum atomic E-state index is 12.0. The van der Waals surface area contributed by atoms with Gasteiger partial charge in [-0.1, -0.05) is 24.3 Å². The van der Waals surface area contributed by atoms with Crippen LogP contribution in [0.25, 0.3) is 0 Å². The largest absolute Gasteiger partial charge is 0.484 e. The van der Waals surface area contributed by atoms with E-state index in [4.69, 9.17) is 9.47 Å². The van der Waals surface area contributed by atoms with Gasteiger partial charge in [0.1, 0.15) is 12.2 Å². The van der Waals surface area contributed by atoms with Crippen LogP contribution >= 0.6 is 0 Å². The van der Waals surface area contributed by atoms with Crippen LogP contribution < -0.4 is 14.8 Å². The first-order valence-corrected chi connectivity index (χ1v) is 10.7. The molecule has 1 aliphatic carbocycles. The molecule has 2 N–H and O–H groups in total. The first-order valence-electron chi connectivity index (χ1n) is 10.7. The smallest absolute Gasteiger partial charge is 0.257 e. The quantitative estimate of drug-likeness (QED) is 0.788. The Morgan fingerprint density at radius 3 is 2.70 bits per heavy atom. The number of aromatic nitrogens is 1. The van der Waals surface area contributed by atoms with Gasteiger partial charge < -0.3 is 19.9 Å². The van der Waals surface area contributed by atoms with Gasteiger partial charge in [0, 0.05) is 31.9 Å². The molecule has 1 amide bonds. The van der Waals surface area contributed by atoms with Crippen LogP contribution in [0.1, 0.15) is 42.9 Å². The van der Waals surface area contributed by atoms with Crippen LogP contribution in [0, 0.1) is 0 Å². The number of ether oxygens (including phenoxy) is 2. The molecule has 158 valence electrons. The standard InChI is InChI=1S/C23H27N3O4/c27-22(23(28)9-10-23)25-18-7-12-26(13-8-18)14-16-3-5-17(6-4-16)20-15-29-19-2-1-11-24-21(19)30-20/h1-6,11,18,20,28H,7-10,12-15H2,(H,25,27). The van der Waals surface area contributed by atoms with E-state index >= 15 is 0 Å². The summed E-state index contributed by atoms with van der Waals surface area (Å²) < 4.78 is 11.7. The number of rotatable bonds is 5. The second-order valence-corrected chi connectivity index (χ2v) is 8.52. The Morgan fingerprint density at radius 1 is 1.20 bits per heavy atom. The van der Waals surface area contributed by atoms with E-state index in [1.165, 1.54) is 5.56 Å². The van der Waals surface area contributed by atoms with Gasteiger partial charge in [-0.3, -0.25) is 9.69 Å². The lowest BCUT2D eigenvalue weighted by atomic mass is 10.0. The van der Waals surface area contributed by atoms with Crippen molar-refractivity contribution >= 4 is 5.91 Å². The summed E-state index contributed by atoms with van der Waals surface area (Å²) in [4.78, 5) is 18.6. The molecular formula is C23H27N3O4. The summed E-state index contributed by atoms with van der Waals surface area (Å²) in [5, 5.41) is 12.9. The normalized spacial score (nSPS) is 23.0. The molecular weight excluding hydrogens is 382 g/mol. The summed E-state index contributed by atoms with van der Waals surface area (Å²) in [5.41, 5.74) is 1.25. The number of amides is 1. The Kier molecular flexibility index (Phi) is 5.08. The highest BCUT2D eigenvalue weighted by Gasteiger charge is 2.48. The minimum Gasteiger partial charge on any atom is -0.484 e. The average molecular weight is 409 g/mol. The molecule has 2 aliphatic heterocycles. The van der Waals surface area contributed by atoms with Crippen LogP contribution in [0.5, 0.6) is 11.6 Å². The van der Waals surface area contributed by atoms with Gasteiger partial charge in [-0.25, -0.2) is 4.98 Å². The third-order valence-electron chi connectivity index (χ3n) is 6.21. The van der Waals surface area contributed by atoms with E-state index in [1.54, 1.807) is 6.20 Å². The number of likely N-dealkylation sites (tertiary alicyclic amines) is 1. The van der Waals surface area contributed by atoms with Gasteiger partial charge in [0.05, 0.1) is 0 Å². The number of hydrogen-bond donors (Lipinski definition) is 2. The van der Waals surface area contributed by atoms with Crippen LogP contribution in [0.2, 0.25) is 0 Å². The lowest BCUT2D eigenvalue weighted by Crippen LogP contribution is -2.48. The highest BCUT2D eigenvalue weighted by molar-refractivity contribution is 5.87. The number of nitrogens with zero attached hydrogens (tertiary/aromatic N) is 2. The maximum absolute atomic E-state index is 12.0. The summed E-state index contributed by atoms with van der Waals surface area (Å²) in [6, 6.07) is 12.3. The van der Waals surface area contributed by atoms with Crippen molar-refractivity contribution in [1.82, 2.24) is 15.2 Å². The Morgan fingerprint density at radius 2 is 1.97 bits per heavy atom. The average Bonchev–Trinajstić information content (AvgIpc) is 3.54. The molecule has 1 saturated heterocycles. The molecule has 5 rings (SSSR count). The van der Waals surface area contributed by atoms with Crippen LogP contribution in [-0.4, -0.2) is 52.2 Å². The molecule has 3 heterocycles. The number of carbonyl (C=O) groups is 1. The van der Waals surface area contributed by atoms with E-state index < -0.39 is 5.60 Å². The van der Waals surface area contributed by atoms with E-state index in [9.17, 15) is 9.90 Å². The van der Waals surface area contributed by atoms with Crippen LogP contribution in [0.3, 0.4) is 0 Å². The van der Waals surface area contributed by atoms with Gasteiger partial charge in [0.15, 0.2) is 11.9 Å². The van der Waals surface area contributed by atoms with Crippen molar-refractivity contribution in [2.45, 2.75) is 50.0 Å². The Balaban J connectivity index is 1.12. The predicted octanol–water partition coefficient (Wildman–Crippen LogP) is 2.20. The predicted molar refractivity (Wildman–Crippen MR) is 110 cm³/mol. The summed E-state index contributed by atoms with van der Waals surface area (Å²) in [6.45, 7) is 3.24. The molecule has 3 aliphatic rings. The number of pyridine rings is 1. The number of fused-ring (bicyclic) bond motifs is 1. The van der Waals surface area contributed by atoms with Crippen molar-refractivity contribution in [3.63, 3.8) is 0 Å². The molecule has 2 aromatic rings. The van der Waals surface area contributed by atoms with Crippen LogP contribution in [-0.2, 0) is 11.3 Å². The van der Waals surface area contributed by atoms with E-state index in [-0.39, 0.29) is 18.1 Å². The van der Waals surface area contributed by atoms with Crippen molar-refractivity contribution in [2.75, 3.05) is 19.7 Å². The summed E-state index contributed by atoms with van der Waals surface area (Å²) in [7, 11) is 0. The van der Waals surface area contributed by atoms with E-state index in [1.807, 2.05) is 12.1 Å². The first kappa shape index (κ1) is 19.3. The Labute approximate surface area is 176 Å². The van der Waals surface area contributed by atoms with Crippen molar-refractivity contribution in [2.24, 2.45) is 0 Å². The Bertz CT molecular complexity index is 905. The number of piperidine rings is 1. The fraction of sp³-hybridized carbons (Fsp3) is 0.478. The number of nitrogens with one attached hydrogen (secondary N) is 1. The molecule has 1 atom stereocenters. The lowest BCUT2D eigenvalue weighted by molar-refractivity contribution is -0.132. The van der Waals surface area contributed by atoms with Crippen LogP contribution in [0.4, 0.5) is 0 Å². The summed E-state index contributed by atoms with van der Waals surface area (Å²) in [5.74, 6) is 1.04. The van der Waals surface area contributed by atoms with Crippen molar-refractivity contribution in [1.29, 1.82) is 0 Å². The highest BCUT2D eigenvalue weighted by atomic mass is 16.6. The van der Waals surface area contributed by atoms with Gasteiger partial charge in [0.25, 0.3) is 11.8 Å². The zero-order valence-electron chi connectivity index (χ0n) is 16.9. The van der Waals surface area contributed by atoms with E-state index in [2.05, 4.69) is 39.5 Å². The second kappa shape index (κ2) is 7.89. The molecule has 1 aromatic carbocycles. The fourth-order valence-electron chi connectivity index (χ4n) is 4.07. The molecule has 0 radical (unpaired) electrons. The third kappa shape index (κ3) is 4.13. The minimum absolute atomic E-state index is 0.151. The van der Waals surface area contributed by atoms with Gasteiger partial charge >= 0.3 is 0 Å². The Hall–Kier alpha value is -2.64. The molecule has 1 saturated carbocycles. The first-order chi connectivity index (χ1) is 14.6. The van der Waals surface area contributed by atoms with Gasteiger partial charge in [-0.05, 0) is 48.9 Å². The summed E-state index contributed by atoms with van der Waals surface area (Å²) >= 11 is 0. The highest BCUT2D eigenvalue weighted by Crippen LogP contribution is 2.35. The topological polar surface area (TPSA) is 83.9 Å². The van der Waals surface area contributed by atoms with Crippen molar-refractivity contribution < 1.29 is 19.4 Å². The number of benzene rings is 1. The molecule has 1 aromatic heterocycles. The van der Waals surface area contributed by atoms with Crippen molar-refractivity contribution in [3.8, 4) is 11.6 Å². The molecule has 1 unspecified atom stereocenters. The molecule has 7 heteroatoms. The minimum atomic E-state index is -1.08. The molecule has 0 spiro atoms. The van der Waals surface area contributed by atoms with E-state index in [0.29, 0.717) is 31.1 Å². The number of carbonyl (C=O) groups excluding carboxylic acids is 1. The maximum Gasteiger partial charge on any atom is 0.257 e. The fourth-order valence-corrected chi connectivity index (χ4v) is 4.07. The van der Waals surface area contributed by atoms with Crippen molar-refractivity contribution in [3.05, 3.63) is 53.7 Å². The zero-order chi connectivity index (χ0) is 20.6. The molecule has 0 bridgehead atoms. The van der Waals surface area contributed by atoms with E-state index in [0.717, 1.165) is 38.0 Å². The molecule has 2 fully saturated rings.